The van der Waals surface area contributed by atoms with E-state index in [1.807, 2.05) is 43.3 Å². The van der Waals surface area contributed by atoms with Gasteiger partial charge >= 0.3 is 0 Å². The van der Waals surface area contributed by atoms with Gasteiger partial charge in [-0.1, -0.05) is 30.3 Å². The summed E-state index contributed by atoms with van der Waals surface area (Å²) >= 11 is 0. The van der Waals surface area contributed by atoms with Crippen molar-refractivity contribution in [1.82, 2.24) is 9.71 Å². The first-order chi connectivity index (χ1) is 13.4. The van der Waals surface area contributed by atoms with Gasteiger partial charge in [0.1, 0.15) is 5.52 Å². The number of nitrogens with one attached hydrogen (secondary N) is 1. The number of fused-ring (bicyclic) bond motifs is 1. The van der Waals surface area contributed by atoms with Crippen LogP contribution in [0.15, 0.2) is 76.0 Å². The molecule has 0 saturated carbocycles. The molecule has 28 heavy (non-hydrogen) atoms. The summed E-state index contributed by atoms with van der Waals surface area (Å²) in [5.74, 6) is 0.552. The highest BCUT2D eigenvalue weighted by atomic mass is 32.2. The van der Waals surface area contributed by atoms with Crippen molar-refractivity contribution in [2.24, 2.45) is 0 Å². The number of sulfonamides is 1. The van der Waals surface area contributed by atoms with Crippen LogP contribution in [0.5, 0.6) is 0 Å². The quantitative estimate of drug-likeness (QED) is 0.539. The average molecular weight is 392 g/mol. The number of aryl methyl sites for hydroxylation is 2. The average Bonchev–Trinajstić information content (AvgIpc) is 3.10. The zero-order valence-corrected chi connectivity index (χ0v) is 16.5. The second kappa shape index (κ2) is 7.22. The summed E-state index contributed by atoms with van der Waals surface area (Å²) < 4.78 is 33.1. The molecule has 0 aliphatic heterocycles. The Balaban J connectivity index is 1.51. The molecule has 0 aliphatic carbocycles. The molecule has 6 heteroatoms. The fourth-order valence-corrected chi connectivity index (χ4v) is 3.97. The van der Waals surface area contributed by atoms with Crippen molar-refractivity contribution < 1.29 is 12.8 Å². The lowest BCUT2D eigenvalue weighted by Crippen LogP contribution is -2.23. The molecule has 4 rings (SSSR count). The van der Waals surface area contributed by atoms with Crippen molar-refractivity contribution in [3.63, 3.8) is 0 Å². The number of oxazole rings is 1. The molecule has 4 aromatic rings. The molecule has 0 bridgehead atoms. The maximum Gasteiger partial charge on any atom is 0.240 e. The van der Waals surface area contributed by atoms with E-state index < -0.39 is 10.0 Å². The van der Waals surface area contributed by atoms with Crippen molar-refractivity contribution in [2.45, 2.75) is 25.3 Å². The van der Waals surface area contributed by atoms with E-state index in [-0.39, 0.29) is 11.4 Å². The zero-order chi connectivity index (χ0) is 19.7. The van der Waals surface area contributed by atoms with E-state index in [4.69, 9.17) is 4.42 Å². The van der Waals surface area contributed by atoms with Gasteiger partial charge in [-0.2, -0.15) is 0 Å². The Morgan fingerprint density at radius 3 is 2.32 bits per heavy atom. The van der Waals surface area contributed by atoms with Gasteiger partial charge in [0.15, 0.2) is 5.58 Å². The largest absolute Gasteiger partial charge is 0.436 e. The number of rotatable bonds is 5. The predicted octanol–water partition coefficient (Wildman–Crippen LogP) is 4.59. The molecule has 142 valence electrons. The van der Waals surface area contributed by atoms with Crippen LogP contribution in [0.2, 0.25) is 0 Å². The third kappa shape index (κ3) is 3.69. The standard InChI is InChI=1S/C22H20N2O3S/c1-15-12-20-21(13-16(15)2)27-22(24-20)18-10-8-17(9-11-18)14-23-28(25,26)19-6-4-3-5-7-19/h3-13,23H,14H2,1-2H3. The first-order valence-electron chi connectivity index (χ1n) is 8.94. The summed E-state index contributed by atoms with van der Waals surface area (Å²) in [5.41, 5.74) is 5.63. The summed E-state index contributed by atoms with van der Waals surface area (Å²) in [6, 6.07) is 19.9. The first kappa shape index (κ1) is 18.4. The maximum atomic E-state index is 12.3. The summed E-state index contributed by atoms with van der Waals surface area (Å²) in [5, 5.41) is 0. The minimum atomic E-state index is -3.53. The van der Waals surface area contributed by atoms with E-state index in [1.54, 1.807) is 30.3 Å². The van der Waals surface area contributed by atoms with Gasteiger partial charge < -0.3 is 4.42 Å². The van der Waals surface area contributed by atoms with Gasteiger partial charge in [-0.3, -0.25) is 0 Å². The number of aromatic nitrogens is 1. The molecule has 0 radical (unpaired) electrons. The highest BCUT2D eigenvalue weighted by Crippen LogP contribution is 2.26. The van der Waals surface area contributed by atoms with Crippen molar-refractivity contribution in [3.05, 3.63) is 83.4 Å². The molecule has 0 unspecified atom stereocenters. The number of hydrogen-bond acceptors (Lipinski definition) is 4. The number of benzene rings is 3. The molecule has 3 aromatic carbocycles. The first-order valence-corrected chi connectivity index (χ1v) is 10.4. The predicted molar refractivity (Wildman–Crippen MR) is 109 cm³/mol. The second-order valence-electron chi connectivity index (χ2n) is 6.76. The van der Waals surface area contributed by atoms with Crippen LogP contribution in [0, 0.1) is 13.8 Å². The molecule has 0 amide bonds. The topological polar surface area (TPSA) is 72.2 Å². The van der Waals surface area contributed by atoms with Crippen molar-refractivity contribution >= 4 is 21.1 Å². The Bertz CT molecular complexity index is 1190. The van der Waals surface area contributed by atoms with Crippen LogP contribution in [-0.2, 0) is 16.6 Å². The Labute approximate surface area is 164 Å². The molecule has 5 nitrogen and oxygen atoms in total. The van der Waals surface area contributed by atoms with Crippen molar-refractivity contribution in [3.8, 4) is 11.5 Å². The summed E-state index contributed by atoms with van der Waals surface area (Å²) in [7, 11) is -3.53. The number of hydrogen-bond donors (Lipinski definition) is 1. The maximum absolute atomic E-state index is 12.3. The molecular weight excluding hydrogens is 372 g/mol. The smallest absolute Gasteiger partial charge is 0.240 e. The molecule has 0 aliphatic rings. The highest BCUT2D eigenvalue weighted by molar-refractivity contribution is 7.89. The van der Waals surface area contributed by atoms with Gasteiger partial charge in [0.05, 0.1) is 4.90 Å². The van der Waals surface area contributed by atoms with Crippen molar-refractivity contribution in [2.75, 3.05) is 0 Å². The lowest BCUT2D eigenvalue weighted by molar-refractivity contribution is 0.581. The van der Waals surface area contributed by atoms with Crippen LogP contribution in [-0.4, -0.2) is 13.4 Å². The minimum Gasteiger partial charge on any atom is -0.436 e. The zero-order valence-electron chi connectivity index (χ0n) is 15.6. The van der Waals surface area contributed by atoms with Crippen LogP contribution in [0.4, 0.5) is 0 Å². The molecule has 0 saturated heterocycles. The van der Waals surface area contributed by atoms with Crippen LogP contribution in [0.1, 0.15) is 16.7 Å². The van der Waals surface area contributed by atoms with Gasteiger partial charge in [0, 0.05) is 12.1 Å². The van der Waals surface area contributed by atoms with Crippen LogP contribution in [0.25, 0.3) is 22.6 Å². The molecule has 1 aromatic heterocycles. The Morgan fingerprint density at radius 2 is 1.61 bits per heavy atom. The van der Waals surface area contributed by atoms with Crippen LogP contribution in [0.3, 0.4) is 0 Å². The van der Waals surface area contributed by atoms with E-state index >= 15 is 0 Å². The second-order valence-corrected chi connectivity index (χ2v) is 8.52. The SMILES string of the molecule is Cc1cc2nc(-c3ccc(CNS(=O)(=O)c4ccccc4)cc3)oc2cc1C. The molecule has 1 N–H and O–H groups in total. The number of nitrogens with zero attached hydrogens (tertiary/aromatic N) is 1. The summed E-state index contributed by atoms with van der Waals surface area (Å²) in [4.78, 5) is 4.81. The van der Waals surface area contributed by atoms with Gasteiger partial charge in [-0.25, -0.2) is 18.1 Å². The third-order valence-corrected chi connectivity index (χ3v) is 6.14. The van der Waals surface area contributed by atoms with E-state index in [2.05, 4.69) is 16.6 Å². The van der Waals surface area contributed by atoms with Gasteiger partial charge in [0.2, 0.25) is 15.9 Å². The monoisotopic (exact) mass is 392 g/mol. The van der Waals surface area contributed by atoms with E-state index in [1.165, 1.54) is 5.56 Å². The molecule has 0 spiro atoms. The van der Waals surface area contributed by atoms with E-state index in [0.29, 0.717) is 5.89 Å². The Kier molecular flexibility index (Phi) is 4.75. The fourth-order valence-electron chi connectivity index (χ4n) is 2.93. The Morgan fingerprint density at radius 1 is 0.929 bits per heavy atom. The van der Waals surface area contributed by atoms with Crippen LogP contribution < -0.4 is 4.72 Å². The van der Waals surface area contributed by atoms with Gasteiger partial charge in [-0.15, -0.1) is 0 Å². The van der Waals surface area contributed by atoms with Crippen LogP contribution >= 0.6 is 0 Å². The normalized spacial score (nSPS) is 11.8. The lowest BCUT2D eigenvalue weighted by Gasteiger charge is -2.07. The summed E-state index contributed by atoms with van der Waals surface area (Å²) in [6.45, 7) is 4.31. The lowest BCUT2D eigenvalue weighted by atomic mass is 10.1. The molecular formula is C22H20N2O3S. The molecule has 0 fully saturated rings. The van der Waals surface area contributed by atoms with Gasteiger partial charge in [0.25, 0.3) is 0 Å². The highest BCUT2D eigenvalue weighted by Gasteiger charge is 2.13. The molecule has 0 atom stereocenters. The van der Waals surface area contributed by atoms with E-state index in [9.17, 15) is 8.42 Å². The minimum absolute atomic E-state index is 0.212. The Hall–Kier alpha value is -2.96. The van der Waals surface area contributed by atoms with E-state index in [0.717, 1.165) is 27.8 Å². The van der Waals surface area contributed by atoms with Crippen molar-refractivity contribution in [1.29, 1.82) is 0 Å². The summed E-state index contributed by atoms with van der Waals surface area (Å²) in [6.07, 6.45) is 0. The fraction of sp³-hybridized carbons (Fsp3) is 0.136. The third-order valence-electron chi connectivity index (χ3n) is 4.72. The molecule has 1 heterocycles. The van der Waals surface area contributed by atoms with Gasteiger partial charge in [-0.05, 0) is 66.9 Å².